The first kappa shape index (κ1) is 21.5. The Morgan fingerprint density at radius 3 is 2.55 bits per heavy atom. The number of nitriles is 1. The third kappa shape index (κ3) is 5.11. The van der Waals surface area contributed by atoms with Crippen LogP contribution in [0.2, 0.25) is 0 Å². The SMILES string of the molecule is COc1ccc(C(=O)Oc2cccc(C=C(C#N)C(=O)Nc3ccc4c(c3)OCO4)c2)cc1. The Morgan fingerprint density at radius 2 is 1.79 bits per heavy atom. The highest BCUT2D eigenvalue weighted by molar-refractivity contribution is 6.09. The largest absolute Gasteiger partial charge is 0.497 e. The average molecular weight is 442 g/mol. The van der Waals surface area contributed by atoms with E-state index in [1.807, 2.05) is 6.07 Å². The van der Waals surface area contributed by atoms with Crippen LogP contribution in [0.4, 0.5) is 5.69 Å². The summed E-state index contributed by atoms with van der Waals surface area (Å²) in [6.45, 7) is 0.120. The van der Waals surface area contributed by atoms with E-state index in [0.29, 0.717) is 34.1 Å². The molecule has 0 saturated carbocycles. The van der Waals surface area contributed by atoms with Crippen LogP contribution in [0.5, 0.6) is 23.0 Å². The minimum Gasteiger partial charge on any atom is -0.497 e. The Balaban J connectivity index is 1.46. The Hall–Kier alpha value is -4.77. The average Bonchev–Trinajstić information content (AvgIpc) is 3.30. The van der Waals surface area contributed by atoms with Crippen LogP contribution in [0.3, 0.4) is 0 Å². The van der Waals surface area contributed by atoms with Crippen molar-refractivity contribution < 1.29 is 28.5 Å². The lowest BCUT2D eigenvalue weighted by atomic mass is 10.1. The van der Waals surface area contributed by atoms with Crippen molar-refractivity contribution in [3.05, 3.63) is 83.4 Å². The van der Waals surface area contributed by atoms with E-state index in [9.17, 15) is 14.9 Å². The maximum absolute atomic E-state index is 12.6. The molecule has 0 saturated heterocycles. The number of hydrogen-bond acceptors (Lipinski definition) is 7. The summed E-state index contributed by atoms with van der Waals surface area (Å²) in [5, 5.41) is 12.1. The van der Waals surface area contributed by atoms with Gasteiger partial charge < -0.3 is 24.3 Å². The Morgan fingerprint density at radius 1 is 1.00 bits per heavy atom. The third-order valence-corrected chi connectivity index (χ3v) is 4.70. The number of ether oxygens (including phenoxy) is 4. The van der Waals surface area contributed by atoms with E-state index in [-0.39, 0.29) is 18.1 Å². The third-order valence-electron chi connectivity index (χ3n) is 4.70. The van der Waals surface area contributed by atoms with Crippen LogP contribution in [0.1, 0.15) is 15.9 Å². The van der Waals surface area contributed by atoms with Crippen LogP contribution in [0.25, 0.3) is 6.08 Å². The van der Waals surface area contributed by atoms with Crippen LogP contribution in [0, 0.1) is 11.3 Å². The zero-order valence-corrected chi connectivity index (χ0v) is 17.5. The van der Waals surface area contributed by atoms with E-state index in [1.165, 1.54) is 13.2 Å². The zero-order chi connectivity index (χ0) is 23.2. The Bertz CT molecular complexity index is 1270. The molecule has 0 aliphatic carbocycles. The summed E-state index contributed by atoms with van der Waals surface area (Å²) in [5.41, 5.74) is 1.23. The van der Waals surface area contributed by atoms with Crippen LogP contribution < -0.4 is 24.3 Å². The van der Waals surface area contributed by atoms with Gasteiger partial charge in [-0.2, -0.15) is 5.26 Å². The van der Waals surface area contributed by atoms with Crippen molar-refractivity contribution >= 4 is 23.6 Å². The zero-order valence-electron chi connectivity index (χ0n) is 17.5. The van der Waals surface area contributed by atoms with Gasteiger partial charge in [0, 0.05) is 11.8 Å². The van der Waals surface area contributed by atoms with Crippen molar-refractivity contribution in [2.75, 3.05) is 19.2 Å². The molecule has 0 radical (unpaired) electrons. The summed E-state index contributed by atoms with van der Waals surface area (Å²) in [4.78, 5) is 25.0. The van der Waals surface area contributed by atoms with E-state index < -0.39 is 11.9 Å². The molecule has 164 valence electrons. The van der Waals surface area contributed by atoms with Crippen molar-refractivity contribution in [1.82, 2.24) is 0 Å². The van der Waals surface area contributed by atoms with Gasteiger partial charge in [-0.1, -0.05) is 12.1 Å². The summed E-state index contributed by atoms with van der Waals surface area (Å²) < 4.78 is 21.0. The highest BCUT2D eigenvalue weighted by Crippen LogP contribution is 2.34. The molecule has 0 aromatic heterocycles. The molecular weight excluding hydrogens is 424 g/mol. The van der Waals surface area contributed by atoms with Crippen molar-refractivity contribution in [3.8, 4) is 29.1 Å². The molecule has 0 bridgehead atoms. The molecule has 1 N–H and O–H groups in total. The number of nitrogens with one attached hydrogen (secondary N) is 1. The van der Waals surface area contributed by atoms with E-state index in [1.54, 1.807) is 66.7 Å². The monoisotopic (exact) mass is 442 g/mol. The minimum absolute atomic E-state index is 0.119. The molecule has 0 spiro atoms. The van der Waals surface area contributed by atoms with E-state index >= 15 is 0 Å². The first-order valence-corrected chi connectivity index (χ1v) is 9.85. The van der Waals surface area contributed by atoms with E-state index in [4.69, 9.17) is 18.9 Å². The summed E-state index contributed by atoms with van der Waals surface area (Å²) in [6.07, 6.45) is 1.41. The van der Waals surface area contributed by atoms with E-state index in [0.717, 1.165) is 0 Å². The molecule has 3 aromatic carbocycles. The van der Waals surface area contributed by atoms with Gasteiger partial charge in [0.15, 0.2) is 11.5 Å². The van der Waals surface area contributed by atoms with Crippen molar-refractivity contribution in [2.45, 2.75) is 0 Å². The summed E-state index contributed by atoms with van der Waals surface area (Å²) in [5.74, 6) is 0.878. The minimum atomic E-state index is -0.586. The topological polar surface area (TPSA) is 107 Å². The molecule has 0 atom stereocenters. The number of hydrogen-bond donors (Lipinski definition) is 1. The lowest BCUT2D eigenvalue weighted by molar-refractivity contribution is -0.112. The van der Waals surface area contributed by atoms with Gasteiger partial charge in [-0.3, -0.25) is 4.79 Å². The summed E-state index contributed by atoms with van der Waals surface area (Å²) in [7, 11) is 1.54. The second-order valence-corrected chi connectivity index (χ2v) is 6.88. The normalized spacial score (nSPS) is 11.9. The summed E-state index contributed by atoms with van der Waals surface area (Å²) in [6, 6.07) is 19.9. The van der Waals surface area contributed by atoms with Gasteiger partial charge in [-0.25, -0.2) is 4.79 Å². The number of carbonyl (C=O) groups is 2. The molecule has 3 aromatic rings. The van der Waals surface area contributed by atoms with Gasteiger partial charge in [-0.15, -0.1) is 0 Å². The number of anilines is 1. The second-order valence-electron chi connectivity index (χ2n) is 6.88. The fraction of sp³-hybridized carbons (Fsp3) is 0.0800. The molecular formula is C25H18N2O6. The van der Waals surface area contributed by atoms with Gasteiger partial charge in [-0.05, 0) is 60.2 Å². The van der Waals surface area contributed by atoms with Crippen LogP contribution in [0.15, 0.2) is 72.3 Å². The van der Waals surface area contributed by atoms with Gasteiger partial charge in [0.1, 0.15) is 23.1 Å². The predicted molar refractivity (Wildman–Crippen MR) is 119 cm³/mol. The fourth-order valence-corrected chi connectivity index (χ4v) is 3.05. The second kappa shape index (κ2) is 9.58. The molecule has 0 fully saturated rings. The van der Waals surface area contributed by atoms with Gasteiger partial charge >= 0.3 is 5.97 Å². The molecule has 4 rings (SSSR count). The number of esters is 1. The number of benzene rings is 3. The smallest absolute Gasteiger partial charge is 0.343 e. The molecule has 8 heteroatoms. The van der Waals surface area contributed by atoms with Crippen LogP contribution in [-0.2, 0) is 4.79 Å². The van der Waals surface area contributed by atoms with Crippen molar-refractivity contribution in [2.24, 2.45) is 0 Å². The number of nitrogens with zero attached hydrogens (tertiary/aromatic N) is 1. The standard InChI is InChI=1S/C25H18N2O6/c1-30-20-8-5-17(6-9-20)25(29)33-21-4-2-3-16(12-21)11-18(14-26)24(28)27-19-7-10-22-23(13-19)32-15-31-22/h2-13H,15H2,1H3,(H,27,28). The Kier molecular flexibility index (Phi) is 6.23. The Labute approximate surface area is 189 Å². The van der Waals surface area contributed by atoms with Gasteiger partial charge in [0.05, 0.1) is 12.7 Å². The van der Waals surface area contributed by atoms with Gasteiger partial charge in [0.25, 0.3) is 5.91 Å². The lowest BCUT2D eigenvalue weighted by Gasteiger charge is -2.07. The maximum atomic E-state index is 12.6. The fourth-order valence-electron chi connectivity index (χ4n) is 3.05. The molecule has 1 aliphatic heterocycles. The van der Waals surface area contributed by atoms with Gasteiger partial charge in [0.2, 0.25) is 6.79 Å². The molecule has 0 unspecified atom stereocenters. The summed E-state index contributed by atoms with van der Waals surface area (Å²) >= 11 is 0. The molecule has 1 aliphatic rings. The highest BCUT2D eigenvalue weighted by Gasteiger charge is 2.16. The lowest BCUT2D eigenvalue weighted by Crippen LogP contribution is -2.13. The number of amides is 1. The van der Waals surface area contributed by atoms with E-state index in [2.05, 4.69) is 5.32 Å². The number of fused-ring (bicyclic) bond motifs is 1. The first-order chi connectivity index (χ1) is 16.1. The predicted octanol–water partition coefficient (Wildman–Crippen LogP) is 4.19. The maximum Gasteiger partial charge on any atom is 0.343 e. The van der Waals surface area contributed by atoms with Crippen LogP contribution in [-0.4, -0.2) is 25.8 Å². The number of carbonyl (C=O) groups excluding carboxylic acids is 2. The number of methoxy groups -OCH3 is 1. The van der Waals surface area contributed by atoms with Crippen LogP contribution >= 0.6 is 0 Å². The molecule has 1 heterocycles. The quantitative estimate of drug-likeness (QED) is 0.264. The molecule has 33 heavy (non-hydrogen) atoms. The first-order valence-electron chi connectivity index (χ1n) is 9.85. The van der Waals surface area contributed by atoms with Crippen molar-refractivity contribution in [1.29, 1.82) is 5.26 Å². The highest BCUT2D eigenvalue weighted by atomic mass is 16.7. The number of rotatable bonds is 6. The van der Waals surface area contributed by atoms with Crippen molar-refractivity contribution in [3.63, 3.8) is 0 Å². The molecule has 1 amide bonds. The molecule has 8 nitrogen and oxygen atoms in total.